The zero-order valence-corrected chi connectivity index (χ0v) is 13.6. The molecule has 0 saturated carbocycles. The van der Waals surface area contributed by atoms with Crippen LogP contribution in [-0.2, 0) is 11.3 Å². The predicted octanol–water partition coefficient (Wildman–Crippen LogP) is 3.81. The number of esters is 1. The summed E-state index contributed by atoms with van der Waals surface area (Å²) < 4.78 is 10.6. The van der Waals surface area contributed by atoms with E-state index >= 15 is 0 Å². The summed E-state index contributed by atoms with van der Waals surface area (Å²) in [6.45, 7) is 7.52. The normalized spacial score (nSPS) is 11.0. The van der Waals surface area contributed by atoms with Crippen molar-refractivity contribution < 1.29 is 14.1 Å². The van der Waals surface area contributed by atoms with E-state index in [0.717, 1.165) is 27.7 Å². The standard InChI is InChI=1S/C18H18N2O3/c1-10-14-7-5-6-8-16(14)19-12(3)17(10)18(21)22-9-15-11(2)20-23-13(15)4/h5-8H,9H2,1-4H3. The number of ether oxygens (including phenoxy) is 1. The third-order valence-corrected chi connectivity index (χ3v) is 4.07. The van der Waals surface area contributed by atoms with Gasteiger partial charge in [-0.15, -0.1) is 0 Å². The Morgan fingerprint density at radius 2 is 1.87 bits per heavy atom. The highest BCUT2D eigenvalue weighted by atomic mass is 16.5. The van der Waals surface area contributed by atoms with E-state index in [1.807, 2.05) is 45.0 Å². The topological polar surface area (TPSA) is 65.2 Å². The van der Waals surface area contributed by atoms with Crippen LogP contribution in [0.2, 0.25) is 0 Å². The Bertz CT molecular complexity index is 877. The minimum absolute atomic E-state index is 0.145. The smallest absolute Gasteiger partial charge is 0.340 e. The fourth-order valence-corrected chi connectivity index (χ4v) is 2.75. The number of fused-ring (bicyclic) bond motifs is 1. The van der Waals surface area contributed by atoms with Gasteiger partial charge in [0, 0.05) is 5.39 Å². The quantitative estimate of drug-likeness (QED) is 0.688. The zero-order chi connectivity index (χ0) is 16.6. The lowest BCUT2D eigenvalue weighted by Crippen LogP contribution is -2.11. The van der Waals surface area contributed by atoms with Crippen LogP contribution in [0, 0.1) is 27.7 Å². The average Bonchev–Trinajstić information content (AvgIpc) is 2.84. The summed E-state index contributed by atoms with van der Waals surface area (Å²) in [5.74, 6) is 0.290. The van der Waals surface area contributed by atoms with Crippen LogP contribution in [0.25, 0.3) is 10.9 Å². The summed E-state index contributed by atoms with van der Waals surface area (Å²) in [6, 6.07) is 7.77. The van der Waals surface area contributed by atoms with E-state index in [-0.39, 0.29) is 12.6 Å². The van der Waals surface area contributed by atoms with Gasteiger partial charge < -0.3 is 9.26 Å². The maximum atomic E-state index is 12.5. The molecule has 3 aromatic rings. The van der Waals surface area contributed by atoms with Crippen molar-refractivity contribution in [2.75, 3.05) is 0 Å². The Morgan fingerprint density at radius 3 is 2.57 bits per heavy atom. The molecule has 1 aromatic carbocycles. The SMILES string of the molecule is Cc1noc(C)c1COC(=O)c1c(C)nc2ccccc2c1C. The Labute approximate surface area is 134 Å². The second-order valence-corrected chi connectivity index (χ2v) is 5.59. The van der Waals surface area contributed by atoms with Crippen molar-refractivity contribution in [3.63, 3.8) is 0 Å². The highest BCUT2D eigenvalue weighted by molar-refractivity contribution is 5.98. The van der Waals surface area contributed by atoms with Crippen LogP contribution in [0.5, 0.6) is 0 Å². The predicted molar refractivity (Wildman–Crippen MR) is 86.3 cm³/mol. The maximum absolute atomic E-state index is 12.5. The summed E-state index contributed by atoms with van der Waals surface area (Å²) in [6.07, 6.45) is 0. The molecule has 0 aliphatic heterocycles. The van der Waals surface area contributed by atoms with Gasteiger partial charge in [-0.2, -0.15) is 0 Å². The first-order valence-corrected chi connectivity index (χ1v) is 7.44. The first kappa shape index (κ1) is 15.2. The molecule has 3 rings (SSSR count). The number of carbonyl (C=O) groups excluding carboxylic acids is 1. The molecule has 0 amide bonds. The van der Waals surface area contributed by atoms with E-state index in [4.69, 9.17) is 9.26 Å². The van der Waals surface area contributed by atoms with Gasteiger partial charge in [0.2, 0.25) is 0 Å². The van der Waals surface area contributed by atoms with Gasteiger partial charge in [-0.3, -0.25) is 4.98 Å². The Kier molecular flexibility index (Phi) is 3.86. The van der Waals surface area contributed by atoms with Crippen molar-refractivity contribution >= 4 is 16.9 Å². The lowest BCUT2D eigenvalue weighted by molar-refractivity contribution is 0.0469. The average molecular weight is 310 g/mol. The van der Waals surface area contributed by atoms with Gasteiger partial charge in [0.25, 0.3) is 0 Å². The number of hydrogen-bond acceptors (Lipinski definition) is 5. The minimum Gasteiger partial charge on any atom is -0.457 e. The van der Waals surface area contributed by atoms with Crippen molar-refractivity contribution in [1.82, 2.24) is 10.1 Å². The minimum atomic E-state index is -0.377. The number of aromatic nitrogens is 2. The molecule has 0 radical (unpaired) electrons. The molecule has 0 unspecified atom stereocenters. The first-order valence-electron chi connectivity index (χ1n) is 7.44. The van der Waals surface area contributed by atoms with Crippen LogP contribution >= 0.6 is 0 Å². The van der Waals surface area contributed by atoms with Gasteiger partial charge in [-0.1, -0.05) is 23.4 Å². The lowest BCUT2D eigenvalue weighted by Gasteiger charge is -2.12. The molecule has 0 atom stereocenters. The Morgan fingerprint density at radius 1 is 1.13 bits per heavy atom. The molecule has 23 heavy (non-hydrogen) atoms. The number of hydrogen-bond donors (Lipinski definition) is 0. The molecular formula is C18H18N2O3. The third-order valence-electron chi connectivity index (χ3n) is 4.07. The van der Waals surface area contributed by atoms with Crippen molar-refractivity contribution in [2.45, 2.75) is 34.3 Å². The van der Waals surface area contributed by atoms with Crippen molar-refractivity contribution in [3.8, 4) is 0 Å². The van der Waals surface area contributed by atoms with Crippen LogP contribution in [0.1, 0.15) is 38.6 Å². The third kappa shape index (κ3) is 2.70. The number of aryl methyl sites for hydroxylation is 4. The van der Waals surface area contributed by atoms with Gasteiger partial charge in [-0.05, 0) is 39.3 Å². The number of rotatable bonds is 3. The number of nitrogens with zero attached hydrogens (tertiary/aromatic N) is 2. The van der Waals surface area contributed by atoms with E-state index < -0.39 is 0 Å². The molecule has 0 bridgehead atoms. The largest absolute Gasteiger partial charge is 0.457 e. The van der Waals surface area contributed by atoms with Gasteiger partial charge in [0.1, 0.15) is 12.4 Å². The fraction of sp³-hybridized carbons (Fsp3) is 0.278. The molecule has 0 N–H and O–H groups in total. The van der Waals surface area contributed by atoms with E-state index in [0.29, 0.717) is 17.0 Å². The summed E-state index contributed by atoms with van der Waals surface area (Å²) in [5, 5.41) is 4.82. The molecule has 0 saturated heterocycles. The molecule has 0 fully saturated rings. The summed E-state index contributed by atoms with van der Waals surface area (Å²) >= 11 is 0. The second kappa shape index (κ2) is 5.83. The highest BCUT2D eigenvalue weighted by Gasteiger charge is 2.19. The van der Waals surface area contributed by atoms with Crippen molar-refractivity contribution in [1.29, 1.82) is 0 Å². The van der Waals surface area contributed by atoms with Gasteiger partial charge in [0.05, 0.1) is 28.0 Å². The first-order chi connectivity index (χ1) is 11.0. The van der Waals surface area contributed by atoms with E-state index in [1.54, 1.807) is 6.92 Å². The monoisotopic (exact) mass is 310 g/mol. The fourth-order valence-electron chi connectivity index (χ4n) is 2.75. The summed E-state index contributed by atoms with van der Waals surface area (Å²) in [5.41, 5.74) is 4.50. The number of para-hydroxylation sites is 1. The Balaban J connectivity index is 1.92. The molecular weight excluding hydrogens is 292 g/mol. The summed E-state index contributed by atoms with van der Waals surface area (Å²) in [7, 11) is 0. The molecule has 2 heterocycles. The second-order valence-electron chi connectivity index (χ2n) is 5.59. The maximum Gasteiger partial charge on any atom is 0.340 e. The van der Waals surface area contributed by atoms with E-state index in [9.17, 15) is 4.79 Å². The zero-order valence-electron chi connectivity index (χ0n) is 13.6. The van der Waals surface area contributed by atoms with E-state index in [1.165, 1.54) is 0 Å². The molecule has 0 aliphatic rings. The molecule has 118 valence electrons. The number of benzene rings is 1. The van der Waals surface area contributed by atoms with Crippen LogP contribution < -0.4 is 0 Å². The molecule has 2 aromatic heterocycles. The van der Waals surface area contributed by atoms with Crippen molar-refractivity contribution in [3.05, 3.63) is 58.1 Å². The van der Waals surface area contributed by atoms with Crippen LogP contribution in [-0.4, -0.2) is 16.1 Å². The van der Waals surface area contributed by atoms with Gasteiger partial charge in [-0.25, -0.2) is 4.79 Å². The van der Waals surface area contributed by atoms with Crippen molar-refractivity contribution in [2.24, 2.45) is 0 Å². The summed E-state index contributed by atoms with van der Waals surface area (Å²) in [4.78, 5) is 17.0. The van der Waals surface area contributed by atoms with Crippen LogP contribution in [0.3, 0.4) is 0 Å². The highest BCUT2D eigenvalue weighted by Crippen LogP contribution is 2.24. The number of pyridine rings is 1. The molecule has 5 nitrogen and oxygen atoms in total. The van der Waals surface area contributed by atoms with Gasteiger partial charge in [0.15, 0.2) is 0 Å². The molecule has 0 aliphatic carbocycles. The van der Waals surface area contributed by atoms with E-state index in [2.05, 4.69) is 10.1 Å². The van der Waals surface area contributed by atoms with Gasteiger partial charge >= 0.3 is 5.97 Å². The number of carbonyl (C=O) groups is 1. The molecule has 0 spiro atoms. The molecule has 5 heteroatoms. The van der Waals surface area contributed by atoms with Crippen LogP contribution in [0.4, 0.5) is 0 Å². The van der Waals surface area contributed by atoms with Crippen LogP contribution in [0.15, 0.2) is 28.8 Å². The lowest BCUT2D eigenvalue weighted by atomic mass is 10.0. The Hall–Kier alpha value is -2.69.